The molecular formula is C16H16O. The van der Waals surface area contributed by atoms with Crippen LogP contribution in [0.25, 0.3) is 0 Å². The summed E-state index contributed by atoms with van der Waals surface area (Å²) in [5, 5.41) is 0. The minimum Gasteiger partial charge on any atom is -0.294 e. The SMILES string of the molecule is C=C/C=C1\C(=C)C=CC(=O)C1CC1=CCC=C1. The van der Waals surface area contributed by atoms with Crippen molar-refractivity contribution in [3.8, 4) is 0 Å². The first kappa shape index (κ1) is 11.6. The zero-order valence-electron chi connectivity index (χ0n) is 9.86. The number of carbonyl (C=O) groups is 1. The van der Waals surface area contributed by atoms with E-state index in [1.807, 2.05) is 6.08 Å². The zero-order chi connectivity index (χ0) is 12.3. The fourth-order valence-corrected chi connectivity index (χ4v) is 2.23. The highest BCUT2D eigenvalue weighted by molar-refractivity contribution is 5.97. The number of hydrogen-bond acceptors (Lipinski definition) is 1. The topological polar surface area (TPSA) is 17.1 Å². The minimum absolute atomic E-state index is 0.0977. The summed E-state index contributed by atoms with van der Waals surface area (Å²) in [4.78, 5) is 12.0. The summed E-state index contributed by atoms with van der Waals surface area (Å²) in [6, 6.07) is 0. The van der Waals surface area contributed by atoms with Gasteiger partial charge >= 0.3 is 0 Å². The molecule has 0 aromatic heterocycles. The Morgan fingerprint density at radius 3 is 2.82 bits per heavy atom. The van der Waals surface area contributed by atoms with Gasteiger partial charge in [-0.3, -0.25) is 4.79 Å². The highest BCUT2D eigenvalue weighted by Crippen LogP contribution is 2.32. The summed E-state index contributed by atoms with van der Waals surface area (Å²) in [7, 11) is 0. The quantitative estimate of drug-likeness (QED) is 0.714. The van der Waals surface area contributed by atoms with Crippen molar-refractivity contribution in [2.24, 2.45) is 5.92 Å². The van der Waals surface area contributed by atoms with Crippen molar-refractivity contribution in [2.75, 3.05) is 0 Å². The minimum atomic E-state index is -0.0977. The number of allylic oxidation sites excluding steroid dienone is 10. The van der Waals surface area contributed by atoms with Crippen LogP contribution in [0, 0.1) is 5.92 Å². The summed E-state index contributed by atoms with van der Waals surface area (Å²) in [5.41, 5.74) is 3.15. The van der Waals surface area contributed by atoms with E-state index in [1.165, 1.54) is 5.57 Å². The predicted octanol–water partition coefficient (Wildman–Crippen LogP) is 3.69. The van der Waals surface area contributed by atoms with E-state index in [9.17, 15) is 4.79 Å². The van der Waals surface area contributed by atoms with Gasteiger partial charge in [-0.2, -0.15) is 0 Å². The molecule has 2 rings (SSSR count). The average Bonchev–Trinajstić information content (AvgIpc) is 2.81. The van der Waals surface area contributed by atoms with Crippen molar-refractivity contribution in [1.29, 1.82) is 0 Å². The van der Waals surface area contributed by atoms with E-state index in [-0.39, 0.29) is 11.7 Å². The van der Waals surface area contributed by atoms with Crippen LogP contribution < -0.4 is 0 Å². The lowest BCUT2D eigenvalue weighted by Crippen LogP contribution is -2.19. The zero-order valence-corrected chi connectivity index (χ0v) is 9.86. The van der Waals surface area contributed by atoms with Gasteiger partial charge in [0.25, 0.3) is 0 Å². The lowest BCUT2D eigenvalue weighted by atomic mass is 9.80. The molecule has 0 heterocycles. The van der Waals surface area contributed by atoms with Gasteiger partial charge in [0, 0.05) is 0 Å². The van der Waals surface area contributed by atoms with E-state index < -0.39 is 0 Å². The van der Waals surface area contributed by atoms with Crippen LogP contribution in [-0.2, 0) is 4.79 Å². The first-order chi connectivity index (χ1) is 8.22. The maximum atomic E-state index is 12.0. The third-order valence-electron chi connectivity index (χ3n) is 3.12. The van der Waals surface area contributed by atoms with Crippen LogP contribution in [0.3, 0.4) is 0 Å². The molecule has 1 atom stereocenters. The third kappa shape index (κ3) is 2.44. The van der Waals surface area contributed by atoms with Crippen molar-refractivity contribution in [3.05, 3.63) is 72.4 Å². The maximum absolute atomic E-state index is 12.0. The van der Waals surface area contributed by atoms with Gasteiger partial charge in [0.05, 0.1) is 5.92 Å². The Morgan fingerprint density at radius 1 is 1.35 bits per heavy atom. The Morgan fingerprint density at radius 2 is 2.18 bits per heavy atom. The van der Waals surface area contributed by atoms with Crippen molar-refractivity contribution in [2.45, 2.75) is 12.8 Å². The monoisotopic (exact) mass is 224 g/mol. The van der Waals surface area contributed by atoms with Crippen molar-refractivity contribution in [1.82, 2.24) is 0 Å². The normalized spacial score (nSPS) is 25.5. The molecule has 17 heavy (non-hydrogen) atoms. The Hall–Kier alpha value is -1.89. The smallest absolute Gasteiger partial charge is 0.163 e. The molecule has 86 valence electrons. The number of rotatable bonds is 3. The van der Waals surface area contributed by atoms with Gasteiger partial charge in [0.2, 0.25) is 0 Å². The molecule has 0 aromatic carbocycles. The van der Waals surface area contributed by atoms with Gasteiger partial charge in [-0.1, -0.05) is 55.2 Å². The van der Waals surface area contributed by atoms with Crippen LogP contribution in [0.15, 0.2) is 72.4 Å². The molecule has 2 aliphatic rings. The van der Waals surface area contributed by atoms with Gasteiger partial charge < -0.3 is 0 Å². The van der Waals surface area contributed by atoms with E-state index in [0.717, 1.165) is 24.0 Å². The molecule has 0 saturated carbocycles. The Bertz CT molecular complexity index is 484. The number of carbonyl (C=O) groups excluding carboxylic acids is 1. The van der Waals surface area contributed by atoms with E-state index >= 15 is 0 Å². The molecule has 0 aliphatic heterocycles. The average molecular weight is 224 g/mol. The first-order valence-corrected chi connectivity index (χ1v) is 5.81. The molecule has 0 bridgehead atoms. The highest BCUT2D eigenvalue weighted by Gasteiger charge is 2.25. The summed E-state index contributed by atoms with van der Waals surface area (Å²) in [6.45, 7) is 7.68. The van der Waals surface area contributed by atoms with Crippen molar-refractivity contribution >= 4 is 5.78 Å². The molecule has 2 aliphatic carbocycles. The summed E-state index contributed by atoms with van der Waals surface area (Å²) >= 11 is 0. The van der Waals surface area contributed by atoms with Gasteiger partial charge in [-0.05, 0) is 30.1 Å². The summed E-state index contributed by atoms with van der Waals surface area (Å²) < 4.78 is 0. The van der Waals surface area contributed by atoms with E-state index in [1.54, 1.807) is 18.2 Å². The van der Waals surface area contributed by atoms with E-state index in [4.69, 9.17) is 0 Å². The largest absolute Gasteiger partial charge is 0.294 e. The van der Waals surface area contributed by atoms with Crippen LogP contribution >= 0.6 is 0 Å². The second kappa shape index (κ2) is 4.96. The maximum Gasteiger partial charge on any atom is 0.163 e. The van der Waals surface area contributed by atoms with Crippen LogP contribution in [0.4, 0.5) is 0 Å². The van der Waals surface area contributed by atoms with Crippen LogP contribution in [-0.4, -0.2) is 5.78 Å². The second-order valence-corrected chi connectivity index (χ2v) is 4.29. The lowest BCUT2D eigenvalue weighted by molar-refractivity contribution is -0.117. The van der Waals surface area contributed by atoms with Gasteiger partial charge in [-0.25, -0.2) is 0 Å². The highest BCUT2D eigenvalue weighted by atomic mass is 16.1. The molecule has 0 N–H and O–H groups in total. The molecular weight excluding hydrogens is 208 g/mol. The molecule has 0 aromatic rings. The van der Waals surface area contributed by atoms with E-state index in [2.05, 4.69) is 31.4 Å². The van der Waals surface area contributed by atoms with Gasteiger partial charge in [-0.15, -0.1) is 0 Å². The van der Waals surface area contributed by atoms with Crippen LogP contribution in [0.1, 0.15) is 12.8 Å². The molecule has 1 nitrogen and oxygen atoms in total. The summed E-state index contributed by atoms with van der Waals surface area (Å²) in [6.07, 6.45) is 15.2. The standard InChI is InChI=1S/C16H16O/c1-3-6-14-12(2)9-10-16(17)15(14)11-13-7-4-5-8-13/h3-4,6-10,15H,1-2,5,11H2/b14-6+. The Labute approximate surface area is 102 Å². The van der Waals surface area contributed by atoms with Crippen LogP contribution in [0.5, 0.6) is 0 Å². The predicted molar refractivity (Wildman–Crippen MR) is 71.5 cm³/mol. The molecule has 1 unspecified atom stereocenters. The summed E-state index contributed by atoms with van der Waals surface area (Å²) in [5.74, 6) is 0.0613. The first-order valence-electron chi connectivity index (χ1n) is 5.81. The van der Waals surface area contributed by atoms with Crippen molar-refractivity contribution in [3.63, 3.8) is 0 Å². The molecule has 0 radical (unpaired) electrons. The van der Waals surface area contributed by atoms with Crippen LogP contribution in [0.2, 0.25) is 0 Å². The number of hydrogen-bond donors (Lipinski definition) is 0. The molecule has 0 fully saturated rings. The second-order valence-electron chi connectivity index (χ2n) is 4.29. The molecule has 0 spiro atoms. The fraction of sp³-hybridized carbons (Fsp3) is 0.188. The van der Waals surface area contributed by atoms with Gasteiger partial charge in [0.15, 0.2) is 5.78 Å². The van der Waals surface area contributed by atoms with E-state index in [0.29, 0.717) is 0 Å². The van der Waals surface area contributed by atoms with Crippen molar-refractivity contribution < 1.29 is 4.79 Å². The Balaban J connectivity index is 2.27. The van der Waals surface area contributed by atoms with Gasteiger partial charge in [0.1, 0.15) is 0 Å². The fourth-order valence-electron chi connectivity index (χ4n) is 2.23. The molecule has 0 saturated heterocycles. The molecule has 1 heteroatoms. The third-order valence-corrected chi connectivity index (χ3v) is 3.12. The molecule has 0 amide bonds. The Kier molecular flexibility index (Phi) is 3.38. The number of ketones is 1. The lowest BCUT2D eigenvalue weighted by Gasteiger charge is -2.22.